The zero-order valence-electron chi connectivity index (χ0n) is 14.9. The molecule has 1 aromatic rings. The first-order chi connectivity index (χ1) is 10.5. The third-order valence-corrected chi connectivity index (χ3v) is 5.38. The first-order valence-electron chi connectivity index (χ1n) is 8.91. The van der Waals surface area contributed by atoms with E-state index >= 15 is 0 Å². The zero-order chi connectivity index (χ0) is 16.3. The summed E-state index contributed by atoms with van der Waals surface area (Å²) >= 11 is 0. The van der Waals surface area contributed by atoms with E-state index in [1.807, 2.05) is 0 Å². The smallest absolute Gasteiger partial charge is 0.160 e. The molecule has 0 heterocycles. The van der Waals surface area contributed by atoms with E-state index in [4.69, 9.17) is 0 Å². The molecule has 1 atom stereocenters. The number of rotatable bonds is 6. The minimum Gasteiger partial charge on any atom is -0.369 e. The molecule has 2 rings (SSSR count). The van der Waals surface area contributed by atoms with Crippen LogP contribution in [0.2, 0.25) is 0 Å². The molecule has 0 N–H and O–H groups in total. The average Bonchev–Trinajstić information content (AvgIpc) is 3.02. The fourth-order valence-electron chi connectivity index (χ4n) is 3.75. The van der Waals surface area contributed by atoms with E-state index in [1.54, 1.807) is 6.92 Å². The van der Waals surface area contributed by atoms with Crippen LogP contribution < -0.4 is 4.90 Å². The molecule has 2 heteroatoms. The van der Waals surface area contributed by atoms with E-state index in [2.05, 4.69) is 44.7 Å². The minimum absolute atomic E-state index is 0.186. The van der Waals surface area contributed by atoms with Gasteiger partial charge in [0.2, 0.25) is 0 Å². The molecule has 2 nitrogen and oxygen atoms in total. The number of hydrogen-bond donors (Lipinski definition) is 0. The van der Waals surface area contributed by atoms with Gasteiger partial charge in [0.05, 0.1) is 0 Å². The average molecular weight is 301 g/mol. The van der Waals surface area contributed by atoms with E-state index in [0.29, 0.717) is 12.0 Å². The van der Waals surface area contributed by atoms with E-state index in [0.717, 1.165) is 24.1 Å². The lowest BCUT2D eigenvalue weighted by molar-refractivity contribution is 0.101. The fraction of sp³-hybridized carbons (Fsp3) is 0.650. The molecule has 1 fully saturated rings. The van der Waals surface area contributed by atoms with Gasteiger partial charge in [-0.25, -0.2) is 0 Å². The molecule has 1 saturated carbocycles. The Morgan fingerprint density at radius 2 is 1.91 bits per heavy atom. The van der Waals surface area contributed by atoms with Crippen LogP contribution in [0.15, 0.2) is 12.1 Å². The predicted molar refractivity (Wildman–Crippen MR) is 95.2 cm³/mol. The second-order valence-electron chi connectivity index (χ2n) is 6.80. The summed E-state index contributed by atoms with van der Waals surface area (Å²) in [6, 6.07) is 5.12. The quantitative estimate of drug-likeness (QED) is 0.648. The molecule has 0 saturated heterocycles. The van der Waals surface area contributed by atoms with Crippen LogP contribution >= 0.6 is 0 Å². The molecule has 1 aliphatic rings. The maximum atomic E-state index is 12.1. The summed E-state index contributed by atoms with van der Waals surface area (Å²) in [5, 5.41) is 0. The van der Waals surface area contributed by atoms with Gasteiger partial charge in [0.25, 0.3) is 0 Å². The Morgan fingerprint density at radius 3 is 2.41 bits per heavy atom. The fourth-order valence-corrected chi connectivity index (χ4v) is 3.75. The Morgan fingerprint density at radius 1 is 1.27 bits per heavy atom. The molecule has 1 unspecified atom stereocenters. The normalized spacial score (nSPS) is 16.8. The molecule has 0 aromatic heterocycles. The summed E-state index contributed by atoms with van der Waals surface area (Å²) in [5.41, 5.74) is 4.67. The van der Waals surface area contributed by atoms with Crippen molar-refractivity contribution >= 4 is 11.5 Å². The second kappa shape index (κ2) is 7.30. The van der Waals surface area contributed by atoms with E-state index in [1.165, 1.54) is 36.9 Å². The predicted octanol–water partition coefficient (Wildman–Crippen LogP) is 5.48. The molecule has 22 heavy (non-hydrogen) atoms. The summed E-state index contributed by atoms with van der Waals surface area (Å²) < 4.78 is 0. The van der Waals surface area contributed by atoms with Crippen LogP contribution in [0, 0.1) is 6.92 Å². The van der Waals surface area contributed by atoms with Gasteiger partial charge in [0, 0.05) is 23.8 Å². The standard InChI is InChI=1S/C20H31NO/c1-6-14(3)17-12-19(16(5)22)15(4)20(13-17)21(7-2)18-10-8-9-11-18/h12-14,18H,6-11H2,1-5H3. The van der Waals surface area contributed by atoms with Crippen molar-refractivity contribution in [2.45, 2.75) is 78.7 Å². The lowest BCUT2D eigenvalue weighted by atomic mass is 9.91. The molecule has 1 aromatic carbocycles. The number of carbonyl (C=O) groups is 1. The van der Waals surface area contributed by atoms with Crippen molar-refractivity contribution in [3.05, 3.63) is 28.8 Å². The van der Waals surface area contributed by atoms with Crippen LogP contribution in [0.1, 0.15) is 87.2 Å². The number of hydrogen-bond acceptors (Lipinski definition) is 2. The summed E-state index contributed by atoms with van der Waals surface area (Å²) in [4.78, 5) is 14.6. The van der Waals surface area contributed by atoms with Crippen LogP contribution in [0.25, 0.3) is 0 Å². The topological polar surface area (TPSA) is 20.3 Å². The van der Waals surface area contributed by atoms with Crippen molar-refractivity contribution < 1.29 is 4.79 Å². The van der Waals surface area contributed by atoms with Crippen LogP contribution in [-0.4, -0.2) is 18.4 Å². The second-order valence-corrected chi connectivity index (χ2v) is 6.80. The summed E-state index contributed by atoms with van der Waals surface area (Å²) in [5.74, 6) is 0.686. The van der Waals surface area contributed by atoms with Gasteiger partial charge in [-0.05, 0) is 69.2 Å². The monoisotopic (exact) mass is 301 g/mol. The maximum absolute atomic E-state index is 12.1. The van der Waals surface area contributed by atoms with E-state index < -0.39 is 0 Å². The highest BCUT2D eigenvalue weighted by molar-refractivity contribution is 5.97. The van der Waals surface area contributed by atoms with Crippen molar-refractivity contribution in [2.75, 3.05) is 11.4 Å². The Kier molecular flexibility index (Phi) is 5.66. The number of anilines is 1. The Bertz CT molecular complexity index is 529. The first-order valence-corrected chi connectivity index (χ1v) is 8.91. The van der Waals surface area contributed by atoms with E-state index in [9.17, 15) is 4.79 Å². The largest absolute Gasteiger partial charge is 0.369 e. The van der Waals surface area contributed by atoms with Gasteiger partial charge in [-0.2, -0.15) is 0 Å². The maximum Gasteiger partial charge on any atom is 0.160 e. The van der Waals surface area contributed by atoms with Gasteiger partial charge in [0.1, 0.15) is 0 Å². The van der Waals surface area contributed by atoms with Crippen molar-refractivity contribution in [3.8, 4) is 0 Å². The zero-order valence-corrected chi connectivity index (χ0v) is 14.9. The van der Waals surface area contributed by atoms with Crippen LogP contribution in [0.5, 0.6) is 0 Å². The highest BCUT2D eigenvalue weighted by Crippen LogP contribution is 2.34. The van der Waals surface area contributed by atoms with E-state index in [-0.39, 0.29) is 5.78 Å². The number of carbonyl (C=O) groups excluding carboxylic acids is 1. The van der Waals surface area contributed by atoms with Gasteiger partial charge in [0.15, 0.2) is 5.78 Å². The van der Waals surface area contributed by atoms with Crippen molar-refractivity contribution in [2.24, 2.45) is 0 Å². The lowest BCUT2D eigenvalue weighted by Crippen LogP contribution is -2.34. The number of nitrogens with zero attached hydrogens (tertiary/aromatic N) is 1. The van der Waals surface area contributed by atoms with Crippen molar-refractivity contribution in [1.82, 2.24) is 0 Å². The molecule has 0 aliphatic heterocycles. The van der Waals surface area contributed by atoms with Gasteiger partial charge >= 0.3 is 0 Å². The minimum atomic E-state index is 0.186. The number of ketones is 1. The lowest BCUT2D eigenvalue weighted by Gasteiger charge is -2.33. The van der Waals surface area contributed by atoms with Crippen molar-refractivity contribution in [1.29, 1.82) is 0 Å². The highest BCUT2D eigenvalue weighted by atomic mass is 16.1. The molecule has 0 spiro atoms. The van der Waals surface area contributed by atoms with Crippen LogP contribution in [-0.2, 0) is 0 Å². The molecule has 0 amide bonds. The molecule has 122 valence electrons. The highest BCUT2D eigenvalue weighted by Gasteiger charge is 2.25. The number of Topliss-reactive ketones (excluding diaryl/α,β-unsaturated/α-hetero) is 1. The SMILES string of the molecule is CCC(C)c1cc(C(C)=O)c(C)c(N(CC)C2CCCC2)c1. The van der Waals surface area contributed by atoms with Crippen molar-refractivity contribution in [3.63, 3.8) is 0 Å². The van der Waals surface area contributed by atoms with Crippen LogP contribution in [0.4, 0.5) is 5.69 Å². The Hall–Kier alpha value is -1.31. The number of benzene rings is 1. The molecular weight excluding hydrogens is 270 g/mol. The Balaban J connectivity index is 2.51. The molecule has 1 aliphatic carbocycles. The summed E-state index contributed by atoms with van der Waals surface area (Å²) in [7, 11) is 0. The third-order valence-electron chi connectivity index (χ3n) is 5.38. The molecule has 0 bridgehead atoms. The van der Waals surface area contributed by atoms with Gasteiger partial charge in [-0.1, -0.05) is 26.7 Å². The summed E-state index contributed by atoms with van der Waals surface area (Å²) in [6.45, 7) is 11.5. The molecular formula is C20H31NO. The summed E-state index contributed by atoms with van der Waals surface area (Å²) in [6.07, 6.45) is 6.36. The van der Waals surface area contributed by atoms with Gasteiger partial charge in [-0.15, -0.1) is 0 Å². The van der Waals surface area contributed by atoms with Crippen LogP contribution in [0.3, 0.4) is 0 Å². The third kappa shape index (κ3) is 3.37. The van der Waals surface area contributed by atoms with Gasteiger partial charge in [-0.3, -0.25) is 4.79 Å². The first kappa shape index (κ1) is 17.1. The molecule has 0 radical (unpaired) electrons. The Labute approximate surface area is 135 Å². The van der Waals surface area contributed by atoms with Gasteiger partial charge < -0.3 is 4.90 Å².